The van der Waals surface area contributed by atoms with Crippen molar-refractivity contribution < 1.29 is 50.0 Å². The molecule has 0 aromatic rings. The van der Waals surface area contributed by atoms with Crippen LogP contribution in [0.5, 0.6) is 0 Å². The van der Waals surface area contributed by atoms with Gasteiger partial charge >= 0.3 is 0 Å². The number of hydrogen-bond acceptors (Lipinski definition) is 11. The number of thiol groups is 1. The third kappa shape index (κ3) is 3.13. The molecule has 0 aromatic heterocycles. The molecule has 2 aliphatic heterocycles. The van der Waals surface area contributed by atoms with E-state index in [0.29, 0.717) is 0 Å². The van der Waals surface area contributed by atoms with Gasteiger partial charge in [-0.3, -0.25) is 4.79 Å². The SMILES string of the molecule is CC(=O)N[C@@H]1CO[C@H](CS)[C@@H](O)[C@]1(O)[C@]1(O)[C@@H](O)O[C@H](CO)[C@H](O)[C@@H]1O. The van der Waals surface area contributed by atoms with E-state index in [1.54, 1.807) is 0 Å². The number of rotatable bonds is 4. The Hall–Kier alpha value is -0.540. The van der Waals surface area contributed by atoms with Crippen molar-refractivity contribution in [2.75, 3.05) is 19.0 Å². The van der Waals surface area contributed by atoms with Crippen LogP contribution in [0.25, 0.3) is 0 Å². The monoisotopic (exact) mass is 399 g/mol. The van der Waals surface area contributed by atoms with Gasteiger partial charge in [-0.15, -0.1) is 0 Å². The van der Waals surface area contributed by atoms with Gasteiger partial charge in [0.1, 0.15) is 24.4 Å². The van der Waals surface area contributed by atoms with E-state index < -0.39 is 66.6 Å². The Morgan fingerprint density at radius 3 is 2.27 bits per heavy atom. The first-order chi connectivity index (χ1) is 12.0. The van der Waals surface area contributed by atoms with E-state index in [1.807, 2.05) is 0 Å². The summed E-state index contributed by atoms with van der Waals surface area (Å²) in [6, 6.07) is -1.47. The predicted octanol–water partition coefficient (Wildman–Crippen LogP) is -4.93. The molecule has 2 aliphatic rings. The van der Waals surface area contributed by atoms with Gasteiger partial charge in [0, 0.05) is 12.7 Å². The molecular weight excluding hydrogens is 374 g/mol. The van der Waals surface area contributed by atoms with Crippen LogP contribution in [-0.4, -0.2) is 115 Å². The lowest BCUT2D eigenvalue weighted by molar-refractivity contribution is -0.394. The first kappa shape index (κ1) is 21.8. The maximum absolute atomic E-state index is 11.5. The second-order valence-corrected chi connectivity index (χ2v) is 6.91. The van der Waals surface area contributed by atoms with Crippen molar-refractivity contribution in [3.05, 3.63) is 0 Å². The molecule has 2 rings (SSSR count). The molecule has 2 heterocycles. The molecule has 2 fully saturated rings. The number of aliphatic hydroxyl groups excluding tert-OH is 5. The van der Waals surface area contributed by atoms with Crippen LogP contribution in [-0.2, 0) is 14.3 Å². The Labute approximate surface area is 154 Å². The summed E-state index contributed by atoms with van der Waals surface area (Å²) in [5, 5.41) is 75.1. The first-order valence-corrected chi connectivity index (χ1v) is 8.61. The zero-order chi connectivity index (χ0) is 19.9. The molecule has 0 aliphatic carbocycles. The lowest BCUT2D eigenvalue weighted by Crippen LogP contribution is -2.85. The minimum absolute atomic E-state index is 0.0960. The van der Waals surface area contributed by atoms with Gasteiger partial charge in [0.15, 0.2) is 17.5 Å². The summed E-state index contributed by atoms with van der Waals surface area (Å²) in [5.41, 5.74) is -5.82. The van der Waals surface area contributed by atoms with Crippen LogP contribution in [0.1, 0.15) is 6.92 Å². The van der Waals surface area contributed by atoms with Gasteiger partial charge in [-0.1, -0.05) is 0 Å². The highest BCUT2D eigenvalue weighted by Crippen LogP contribution is 2.44. The van der Waals surface area contributed by atoms with Crippen LogP contribution in [0.15, 0.2) is 0 Å². The van der Waals surface area contributed by atoms with Gasteiger partial charge in [0.2, 0.25) is 5.91 Å². The minimum Gasteiger partial charge on any atom is -0.394 e. The van der Waals surface area contributed by atoms with Crippen molar-refractivity contribution in [1.82, 2.24) is 5.32 Å². The van der Waals surface area contributed by atoms with Gasteiger partial charge in [0.25, 0.3) is 0 Å². The van der Waals surface area contributed by atoms with Crippen LogP contribution in [0, 0.1) is 0 Å². The van der Waals surface area contributed by atoms with E-state index >= 15 is 0 Å². The van der Waals surface area contributed by atoms with Gasteiger partial charge < -0.3 is 50.5 Å². The normalized spacial score (nSPS) is 49.7. The highest BCUT2D eigenvalue weighted by atomic mass is 32.1. The van der Waals surface area contributed by atoms with E-state index in [0.717, 1.165) is 6.92 Å². The molecule has 11 nitrogen and oxygen atoms in total. The topological polar surface area (TPSA) is 189 Å². The molecule has 0 unspecified atom stereocenters. The largest absolute Gasteiger partial charge is 0.394 e. The van der Waals surface area contributed by atoms with Crippen molar-refractivity contribution >= 4 is 18.5 Å². The number of amides is 1. The number of hydrogen-bond donors (Lipinski definition) is 9. The molecule has 26 heavy (non-hydrogen) atoms. The fourth-order valence-electron chi connectivity index (χ4n) is 3.54. The minimum atomic E-state index is -3.03. The highest BCUT2D eigenvalue weighted by molar-refractivity contribution is 7.80. The third-order valence-electron chi connectivity index (χ3n) is 5.03. The maximum atomic E-state index is 11.5. The smallest absolute Gasteiger partial charge is 0.217 e. The molecule has 9 atom stereocenters. The van der Waals surface area contributed by atoms with Crippen molar-refractivity contribution in [2.45, 2.75) is 61.0 Å². The highest BCUT2D eigenvalue weighted by Gasteiger charge is 2.72. The standard InChI is InChI=1S/C14H25NO10S/c1-5(17)15-8-3-24-7(4-26)10(19)13(8,22)14(23)11(20)9(18)6(2-16)25-12(14)21/h6-12,16,18-23,26H,2-4H2,1H3,(H,15,17)/t6-,7-,8-,9+,10-,11+,12+,13+,14-/m1/s1. The third-order valence-corrected chi connectivity index (χ3v) is 5.39. The Morgan fingerprint density at radius 1 is 1.15 bits per heavy atom. The molecule has 0 aromatic carbocycles. The number of carbonyl (C=O) groups excluding carboxylic acids is 1. The molecule has 0 spiro atoms. The van der Waals surface area contributed by atoms with Crippen molar-refractivity contribution in [1.29, 1.82) is 0 Å². The molecule has 0 bridgehead atoms. The molecule has 1 amide bonds. The zero-order valence-electron chi connectivity index (χ0n) is 14.0. The number of ether oxygens (including phenoxy) is 2. The molecule has 12 heteroatoms. The maximum Gasteiger partial charge on any atom is 0.217 e. The summed E-state index contributed by atoms with van der Waals surface area (Å²) in [4.78, 5) is 11.5. The summed E-state index contributed by atoms with van der Waals surface area (Å²) in [6.45, 7) is -0.0636. The molecule has 0 radical (unpaired) electrons. The van der Waals surface area contributed by atoms with E-state index in [2.05, 4.69) is 17.9 Å². The van der Waals surface area contributed by atoms with Crippen molar-refractivity contribution in [3.8, 4) is 0 Å². The molecule has 2 saturated heterocycles. The van der Waals surface area contributed by atoms with E-state index in [1.165, 1.54) is 0 Å². The van der Waals surface area contributed by atoms with E-state index in [4.69, 9.17) is 14.6 Å². The number of carbonyl (C=O) groups is 1. The summed E-state index contributed by atoms with van der Waals surface area (Å²) in [6.07, 6.45) is -10.9. The molecule has 0 saturated carbocycles. The quantitative estimate of drug-likeness (QED) is 0.207. The lowest BCUT2D eigenvalue weighted by atomic mass is 9.65. The van der Waals surface area contributed by atoms with Crippen LogP contribution in [0.3, 0.4) is 0 Å². The van der Waals surface area contributed by atoms with Crippen molar-refractivity contribution in [3.63, 3.8) is 0 Å². The van der Waals surface area contributed by atoms with Crippen LogP contribution in [0.4, 0.5) is 0 Å². The van der Waals surface area contributed by atoms with E-state index in [9.17, 15) is 35.4 Å². The fraction of sp³-hybridized carbons (Fsp3) is 0.929. The van der Waals surface area contributed by atoms with Gasteiger partial charge in [-0.2, -0.15) is 12.6 Å². The molecular formula is C14H25NO10S. The summed E-state index contributed by atoms with van der Waals surface area (Å²) in [5.74, 6) is -0.743. The Morgan fingerprint density at radius 2 is 1.77 bits per heavy atom. The number of aliphatic hydroxyl groups is 7. The van der Waals surface area contributed by atoms with Crippen LogP contribution < -0.4 is 5.32 Å². The Balaban J connectivity index is 2.53. The summed E-state index contributed by atoms with van der Waals surface area (Å²) < 4.78 is 10.2. The first-order valence-electron chi connectivity index (χ1n) is 7.98. The number of nitrogens with one attached hydrogen (secondary N) is 1. The average molecular weight is 399 g/mol. The lowest BCUT2D eigenvalue weighted by Gasteiger charge is -2.59. The van der Waals surface area contributed by atoms with Gasteiger partial charge in [-0.25, -0.2) is 0 Å². The molecule has 152 valence electrons. The van der Waals surface area contributed by atoms with Gasteiger partial charge in [0.05, 0.1) is 25.4 Å². The zero-order valence-corrected chi connectivity index (χ0v) is 14.9. The fourth-order valence-corrected chi connectivity index (χ4v) is 3.84. The predicted molar refractivity (Wildman–Crippen MR) is 87.1 cm³/mol. The Kier molecular flexibility index (Phi) is 6.55. The Bertz CT molecular complexity index is 526. The second-order valence-electron chi connectivity index (χ2n) is 6.55. The van der Waals surface area contributed by atoms with E-state index in [-0.39, 0.29) is 12.4 Å². The summed E-state index contributed by atoms with van der Waals surface area (Å²) >= 11 is 3.98. The average Bonchev–Trinajstić information content (AvgIpc) is 2.60. The van der Waals surface area contributed by atoms with Crippen LogP contribution in [0.2, 0.25) is 0 Å². The van der Waals surface area contributed by atoms with Gasteiger partial charge in [-0.05, 0) is 0 Å². The molecule has 8 N–H and O–H groups in total. The summed E-state index contributed by atoms with van der Waals surface area (Å²) in [7, 11) is 0. The van der Waals surface area contributed by atoms with Crippen LogP contribution >= 0.6 is 12.6 Å². The second kappa shape index (κ2) is 7.83. The van der Waals surface area contributed by atoms with Crippen molar-refractivity contribution in [2.24, 2.45) is 0 Å².